The van der Waals surface area contributed by atoms with E-state index in [-0.39, 0.29) is 12.6 Å². The van der Waals surface area contributed by atoms with Gasteiger partial charge in [-0.25, -0.2) is 4.79 Å². The number of carbonyl (C=O) groups excluding carboxylic acids is 1. The van der Waals surface area contributed by atoms with Gasteiger partial charge in [-0.3, -0.25) is 0 Å². The maximum Gasteiger partial charge on any atom is 0.416 e. The number of anilines is 1. The van der Waals surface area contributed by atoms with Crippen molar-refractivity contribution >= 4 is 27.7 Å². The van der Waals surface area contributed by atoms with Crippen LogP contribution in [0.4, 0.5) is 23.7 Å². The minimum Gasteiger partial charge on any atom is -0.444 e. The summed E-state index contributed by atoms with van der Waals surface area (Å²) in [6.07, 6.45) is -4.99. The Kier molecular flexibility index (Phi) is 6.33. The van der Waals surface area contributed by atoms with Crippen LogP contribution in [0.25, 0.3) is 0 Å². The van der Waals surface area contributed by atoms with Gasteiger partial charge in [-0.15, -0.1) is 0 Å². The molecule has 1 rings (SSSR count). The van der Waals surface area contributed by atoms with Crippen LogP contribution < -0.4 is 10.6 Å². The number of alkyl halides is 3. The molecular weight excluding hydrogens is 377 g/mol. The number of alkyl carbamates (subject to hydrolysis) is 1. The molecule has 0 spiro atoms. The van der Waals surface area contributed by atoms with Crippen molar-refractivity contribution in [3.8, 4) is 0 Å². The van der Waals surface area contributed by atoms with Gasteiger partial charge in [-0.05, 0) is 45.9 Å². The molecule has 1 aromatic carbocycles. The topological polar surface area (TPSA) is 50.4 Å². The summed E-state index contributed by atoms with van der Waals surface area (Å²) in [6, 6.07) is 3.29. The van der Waals surface area contributed by atoms with Crippen LogP contribution in [0.15, 0.2) is 22.7 Å². The van der Waals surface area contributed by atoms with Gasteiger partial charge in [0.2, 0.25) is 0 Å². The van der Waals surface area contributed by atoms with Crippen molar-refractivity contribution in [2.45, 2.75) is 45.5 Å². The van der Waals surface area contributed by atoms with E-state index in [0.717, 1.165) is 12.1 Å². The molecule has 1 atom stereocenters. The first-order valence-electron chi connectivity index (χ1n) is 6.98. The number of hydrogen-bond acceptors (Lipinski definition) is 3. The molecule has 130 valence electrons. The normalized spacial score (nSPS) is 13.4. The van der Waals surface area contributed by atoms with Crippen molar-refractivity contribution in [3.05, 3.63) is 28.2 Å². The van der Waals surface area contributed by atoms with Crippen LogP contribution in [-0.2, 0) is 10.9 Å². The first-order valence-corrected chi connectivity index (χ1v) is 7.77. The van der Waals surface area contributed by atoms with Crippen LogP contribution in [0.2, 0.25) is 0 Å². The molecule has 8 heteroatoms. The largest absolute Gasteiger partial charge is 0.444 e. The molecule has 0 bridgehead atoms. The molecule has 23 heavy (non-hydrogen) atoms. The molecule has 0 aliphatic rings. The van der Waals surface area contributed by atoms with Gasteiger partial charge in [0, 0.05) is 22.7 Å². The zero-order valence-electron chi connectivity index (χ0n) is 13.3. The third-order valence-electron chi connectivity index (χ3n) is 2.59. The number of carbonyl (C=O) groups is 1. The molecule has 0 fully saturated rings. The van der Waals surface area contributed by atoms with E-state index < -0.39 is 23.4 Å². The van der Waals surface area contributed by atoms with Gasteiger partial charge in [0.25, 0.3) is 0 Å². The minimum atomic E-state index is -4.42. The third-order valence-corrected chi connectivity index (χ3v) is 3.05. The Labute approximate surface area is 141 Å². The summed E-state index contributed by atoms with van der Waals surface area (Å²) in [7, 11) is 0. The lowest BCUT2D eigenvalue weighted by Gasteiger charge is -2.21. The van der Waals surface area contributed by atoms with Gasteiger partial charge in [-0.1, -0.05) is 15.9 Å². The lowest BCUT2D eigenvalue weighted by atomic mass is 10.2. The second-order valence-electron chi connectivity index (χ2n) is 6.15. The van der Waals surface area contributed by atoms with Crippen molar-refractivity contribution in [1.29, 1.82) is 0 Å². The Balaban J connectivity index is 2.63. The fourth-order valence-electron chi connectivity index (χ4n) is 1.72. The first kappa shape index (κ1) is 19.6. The Morgan fingerprint density at radius 1 is 1.26 bits per heavy atom. The molecule has 4 nitrogen and oxygen atoms in total. The van der Waals surface area contributed by atoms with E-state index in [1.807, 2.05) is 0 Å². The monoisotopic (exact) mass is 396 g/mol. The second kappa shape index (κ2) is 7.42. The molecule has 2 N–H and O–H groups in total. The molecule has 1 unspecified atom stereocenters. The smallest absolute Gasteiger partial charge is 0.416 e. The van der Waals surface area contributed by atoms with Crippen LogP contribution in [0.5, 0.6) is 0 Å². The average molecular weight is 397 g/mol. The summed E-state index contributed by atoms with van der Waals surface area (Å²) in [5, 5.41) is 5.47. The number of ether oxygens (including phenoxy) is 1. The van der Waals surface area contributed by atoms with Crippen LogP contribution in [0.3, 0.4) is 0 Å². The lowest BCUT2D eigenvalue weighted by molar-refractivity contribution is -0.137. The highest BCUT2D eigenvalue weighted by Gasteiger charge is 2.31. The molecule has 0 aromatic heterocycles. The SMILES string of the molecule is CC(CNC(=O)OC(C)(C)C)Nc1cc(Br)cc(C(F)(F)F)c1. The molecule has 0 aliphatic carbocycles. The minimum absolute atomic E-state index is 0.211. The Morgan fingerprint density at radius 2 is 1.87 bits per heavy atom. The molecule has 0 aliphatic heterocycles. The highest BCUT2D eigenvalue weighted by atomic mass is 79.9. The van der Waals surface area contributed by atoms with Crippen molar-refractivity contribution < 1.29 is 22.7 Å². The number of hydrogen-bond donors (Lipinski definition) is 2. The van der Waals surface area contributed by atoms with Crippen LogP contribution in [0.1, 0.15) is 33.3 Å². The highest BCUT2D eigenvalue weighted by molar-refractivity contribution is 9.10. The van der Waals surface area contributed by atoms with Gasteiger partial charge >= 0.3 is 12.3 Å². The predicted molar refractivity (Wildman–Crippen MR) is 86.5 cm³/mol. The fourth-order valence-corrected chi connectivity index (χ4v) is 2.22. The molecule has 0 radical (unpaired) electrons. The number of nitrogens with one attached hydrogen (secondary N) is 2. The van der Waals surface area contributed by atoms with E-state index >= 15 is 0 Å². The maximum atomic E-state index is 12.8. The van der Waals surface area contributed by atoms with Crippen LogP contribution in [0, 0.1) is 0 Å². The fraction of sp³-hybridized carbons (Fsp3) is 0.533. The van der Waals surface area contributed by atoms with Gasteiger partial charge in [0.05, 0.1) is 5.56 Å². The quantitative estimate of drug-likeness (QED) is 0.768. The number of halogens is 4. The standard InChI is InChI=1S/C15H20BrF3N2O2/c1-9(8-20-13(22)23-14(2,3)4)21-12-6-10(15(17,18)19)5-11(16)7-12/h5-7,9,21H,8H2,1-4H3,(H,20,22). The molecule has 0 saturated carbocycles. The summed E-state index contributed by atoms with van der Waals surface area (Å²) < 4.78 is 43.7. The van der Waals surface area contributed by atoms with Gasteiger partial charge in [0.1, 0.15) is 5.60 Å². The van der Waals surface area contributed by atoms with Crippen LogP contribution in [-0.4, -0.2) is 24.3 Å². The van der Waals surface area contributed by atoms with E-state index in [2.05, 4.69) is 26.6 Å². The lowest BCUT2D eigenvalue weighted by Crippen LogP contribution is -2.38. The van der Waals surface area contributed by atoms with E-state index in [0.29, 0.717) is 10.2 Å². The van der Waals surface area contributed by atoms with Crippen molar-refractivity contribution in [1.82, 2.24) is 5.32 Å². The molecule has 0 heterocycles. The summed E-state index contributed by atoms with van der Waals surface area (Å²) in [6.45, 7) is 7.19. The number of amides is 1. The Bertz CT molecular complexity index is 557. The zero-order valence-corrected chi connectivity index (χ0v) is 14.9. The third kappa shape index (κ3) is 7.58. The van der Waals surface area contributed by atoms with E-state index in [1.54, 1.807) is 33.8 Å². The van der Waals surface area contributed by atoms with Crippen molar-refractivity contribution in [2.75, 3.05) is 11.9 Å². The Hall–Kier alpha value is -1.44. The first-order chi connectivity index (χ1) is 10.4. The molecule has 0 saturated heterocycles. The maximum absolute atomic E-state index is 12.8. The summed E-state index contributed by atoms with van der Waals surface area (Å²) in [5.41, 5.74) is -1.04. The number of benzene rings is 1. The van der Waals surface area contributed by atoms with Crippen LogP contribution >= 0.6 is 15.9 Å². The highest BCUT2D eigenvalue weighted by Crippen LogP contribution is 2.33. The molecule has 1 amide bonds. The molecular formula is C15H20BrF3N2O2. The second-order valence-corrected chi connectivity index (χ2v) is 7.07. The van der Waals surface area contributed by atoms with Crippen molar-refractivity contribution in [2.24, 2.45) is 0 Å². The van der Waals surface area contributed by atoms with Crippen molar-refractivity contribution in [3.63, 3.8) is 0 Å². The predicted octanol–water partition coefficient (Wildman–Crippen LogP) is 4.79. The van der Waals surface area contributed by atoms with E-state index in [9.17, 15) is 18.0 Å². The summed E-state index contributed by atoms with van der Waals surface area (Å²) in [4.78, 5) is 11.5. The van der Waals surface area contributed by atoms with E-state index in [4.69, 9.17) is 4.74 Å². The van der Waals surface area contributed by atoms with Gasteiger partial charge in [0.15, 0.2) is 0 Å². The van der Waals surface area contributed by atoms with Gasteiger partial charge < -0.3 is 15.4 Å². The summed E-state index contributed by atoms with van der Waals surface area (Å²) in [5.74, 6) is 0. The van der Waals surface area contributed by atoms with E-state index in [1.165, 1.54) is 0 Å². The zero-order chi connectivity index (χ0) is 17.8. The molecule has 1 aromatic rings. The Morgan fingerprint density at radius 3 is 2.39 bits per heavy atom. The number of rotatable bonds is 4. The average Bonchev–Trinajstić information content (AvgIpc) is 2.32. The van der Waals surface area contributed by atoms with Gasteiger partial charge in [-0.2, -0.15) is 13.2 Å². The summed E-state index contributed by atoms with van der Waals surface area (Å²) >= 11 is 3.06.